The second-order valence-electron chi connectivity index (χ2n) is 7.87. The van der Waals surface area contributed by atoms with E-state index in [-0.39, 0.29) is 11.5 Å². The van der Waals surface area contributed by atoms with E-state index >= 15 is 0 Å². The molecule has 3 heterocycles. The molecule has 7 heteroatoms. The molecule has 7 nitrogen and oxygen atoms in total. The van der Waals surface area contributed by atoms with Crippen LogP contribution in [0.3, 0.4) is 0 Å². The molecule has 0 bridgehead atoms. The van der Waals surface area contributed by atoms with E-state index in [1.165, 1.54) is 0 Å². The van der Waals surface area contributed by atoms with E-state index in [9.17, 15) is 9.59 Å². The predicted octanol–water partition coefficient (Wildman–Crippen LogP) is 1.72. The molecule has 1 aliphatic carbocycles. The standard InChI is InChI=1S/C20H27N5O2/c1-14-11-18(21-23(14)2)20(27)24-9-7-15(8-10-24)13-25-19(26)12-16-5-3-4-6-17(16)22-25/h11-12,15H,3-10,13H2,1-2H3. The second-order valence-corrected chi connectivity index (χ2v) is 7.87. The van der Waals surface area contributed by atoms with Crippen LogP contribution in [-0.2, 0) is 26.4 Å². The average Bonchev–Trinajstić information content (AvgIpc) is 3.01. The Bertz CT molecular complexity index is 886. The largest absolute Gasteiger partial charge is 0.337 e. The van der Waals surface area contributed by atoms with Gasteiger partial charge in [-0.1, -0.05) is 0 Å². The topological polar surface area (TPSA) is 73.0 Å². The van der Waals surface area contributed by atoms with Crippen LogP contribution >= 0.6 is 0 Å². The van der Waals surface area contributed by atoms with Crippen molar-refractivity contribution in [3.05, 3.63) is 45.1 Å². The number of aryl methyl sites for hydroxylation is 4. The maximum Gasteiger partial charge on any atom is 0.274 e. The number of nitrogens with zero attached hydrogens (tertiary/aromatic N) is 5. The Balaban J connectivity index is 1.38. The Hall–Kier alpha value is -2.44. The number of fused-ring (bicyclic) bond motifs is 1. The van der Waals surface area contributed by atoms with E-state index in [1.807, 2.05) is 24.9 Å². The number of aromatic nitrogens is 4. The fourth-order valence-corrected chi connectivity index (χ4v) is 4.12. The lowest BCUT2D eigenvalue weighted by atomic mass is 9.95. The molecule has 0 radical (unpaired) electrons. The van der Waals surface area contributed by atoms with E-state index < -0.39 is 0 Å². The van der Waals surface area contributed by atoms with Gasteiger partial charge in [0, 0.05) is 38.4 Å². The summed E-state index contributed by atoms with van der Waals surface area (Å²) in [7, 11) is 1.85. The summed E-state index contributed by atoms with van der Waals surface area (Å²) in [6, 6.07) is 3.62. The summed E-state index contributed by atoms with van der Waals surface area (Å²) in [5, 5.41) is 8.93. The SMILES string of the molecule is Cc1cc(C(=O)N2CCC(Cn3nc4c(cc3=O)CCCC4)CC2)nn1C. The number of rotatable bonds is 3. The zero-order valence-electron chi connectivity index (χ0n) is 16.1. The van der Waals surface area contributed by atoms with Gasteiger partial charge in [-0.3, -0.25) is 14.3 Å². The summed E-state index contributed by atoms with van der Waals surface area (Å²) in [4.78, 5) is 26.9. The van der Waals surface area contributed by atoms with Crippen molar-refractivity contribution in [3.8, 4) is 0 Å². The zero-order valence-corrected chi connectivity index (χ0v) is 16.1. The quantitative estimate of drug-likeness (QED) is 0.826. The summed E-state index contributed by atoms with van der Waals surface area (Å²) in [6.07, 6.45) is 6.05. The normalized spacial score (nSPS) is 17.8. The minimum absolute atomic E-state index is 0.00113. The molecule has 27 heavy (non-hydrogen) atoms. The number of piperidine rings is 1. The number of hydrogen-bond donors (Lipinski definition) is 0. The Labute approximate surface area is 159 Å². The van der Waals surface area contributed by atoms with Crippen LogP contribution in [0.15, 0.2) is 16.9 Å². The minimum atomic E-state index is 0.00113. The molecular formula is C20H27N5O2. The summed E-state index contributed by atoms with van der Waals surface area (Å²) in [6.45, 7) is 4.01. The Morgan fingerprint density at radius 3 is 2.59 bits per heavy atom. The Kier molecular flexibility index (Phi) is 4.85. The van der Waals surface area contributed by atoms with Gasteiger partial charge in [0.15, 0.2) is 5.69 Å². The molecular weight excluding hydrogens is 342 g/mol. The maximum atomic E-state index is 12.6. The van der Waals surface area contributed by atoms with E-state index in [1.54, 1.807) is 15.4 Å². The second kappa shape index (κ2) is 7.29. The third kappa shape index (κ3) is 3.68. The van der Waals surface area contributed by atoms with Gasteiger partial charge in [-0.2, -0.15) is 10.2 Å². The molecule has 2 aromatic heterocycles. The smallest absolute Gasteiger partial charge is 0.274 e. The molecule has 1 fully saturated rings. The molecule has 0 spiro atoms. The van der Waals surface area contributed by atoms with Crippen molar-refractivity contribution >= 4 is 5.91 Å². The number of amides is 1. The van der Waals surface area contributed by atoms with E-state index in [2.05, 4.69) is 10.2 Å². The van der Waals surface area contributed by atoms with Gasteiger partial charge in [-0.15, -0.1) is 0 Å². The lowest BCUT2D eigenvalue weighted by Gasteiger charge is -2.31. The molecule has 1 aliphatic heterocycles. The van der Waals surface area contributed by atoms with Gasteiger partial charge in [0.05, 0.1) is 5.69 Å². The lowest BCUT2D eigenvalue weighted by molar-refractivity contribution is 0.0673. The van der Waals surface area contributed by atoms with Crippen LogP contribution in [0.4, 0.5) is 0 Å². The van der Waals surface area contributed by atoms with Gasteiger partial charge in [0.25, 0.3) is 11.5 Å². The van der Waals surface area contributed by atoms with Gasteiger partial charge < -0.3 is 4.90 Å². The van der Waals surface area contributed by atoms with Crippen molar-refractivity contribution in [1.29, 1.82) is 0 Å². The highest BCUT2D eigenvalue weighted by molar-refractivity contribution is 5.92. The third-order valence-corrected chi connectivity index (χ3v) is 5.94. The van der Waals surface area contributed by atoms with Crippen molar-refractivity contribution in [3.63, 3.8) is 0 Å². The van der Waals surface area contributed by atoms with Crippen LogP contribution in [0.1, 0.15) is 53.1 Å². The first-order valence-corrected chi connectivity index (χ1v) is 9.91. The fraction of sp³-hybridized carbons (Fsp3) is 0.600. The monoisotopic (exact) mass is 369 g/mol. The summed E-state index contributed by atoms with van der Waals surface area (Å²) in [5.74, 6) is 0.382. The van der Waals surface area contributed by atoms with Gasteiger partial charge >= 0.3 is 0 Å². The molecule has 4 rings (SSSR count). The van der Waals surface area contributed by atoms with Crippen molar-refractivity contribution in [1.82, 2.24) is 24.5 Å². The Morgan fingerprint density at radius 1 is 1.15 bits per heavy atom. The first kappa shape index (κ1) is 17.9. The molecule has 0 aromatic carbocycles. The molecule has 144 valence electrons. The van der Waals surface area contributed by atoms with E-state index in [0.29, 0.717) is 31.2 Å². The van der Waals surface area contributed by atoms with E-state index in [0.717, 1.165) is 55.5 Å². The van der Waals surface area contributed by atoms with Crippen LogP contribution in [0.2, 0.25) is 0 Å². The first-order chi connectivity index (χ1) is 13.0. The molecule has 2 aromatic rings. The number of carbonyl (C=O) groups excluding carboxylic acids is 1. The summed E-state index contributed by atoms with van der Waals surface area (Å²) in [5.41, 5.74) is 3.73. The molecule has 2 aliphatic rings. The highest BCUT2D eigenvalue weighted by Crippen LogP contribution is 2.21. The number of likely N-dealkylation sites (tertiary alicyclic amines) is 1. The zero-order chi connectivity index (χ0) is 19.0. The number of hydrogen-bond acceptors (Lipinski definition) is 4. The van der Waals surface area contributed by atoms with Gasteiger partial charge in [-0.05, 0) is 63.0 Å². The predicted molar refractivity (Wildman–Crippen MR) is 102 cm³/mol. The molecule has 0 N–H and O–H groups in total. The van der Waals surface area contributed by atoms with E-state index in [4.69, 9.17) is 0 Å². The Morgan fingerprint density at radius 2 is 1.89 bits per heavy atom. The van der Waals surface area contributed by atoms with Gasteiger partial charge in [0.1, 0.15) is 0 Å². The molecule has 1 amide bonds. The maximum absolute atomic E-state index is 12.6. The fourth-order valence-electron chi connectivity index (χ4n) is 4.12. The highest BCUT2D eigenvalue weighted by atomic mass is 16.2. The van der Waals surface area contributed by atoms with Gasteiger partial charge in [0.2, 0.25) is 0 Å². The van der Waals surface area contributed by atoms with Crippen LogP contribution in [0, 0.1) is 12.8 Å². The van der Waals surface area contributed by atoms with Crippen LogP contribution in [0.5, 0.6) is 0 Å². The van der Waals surface area contributed by atoms with Gasteiger partial charge in [-0.25, -0.2) is 4.68 Å². The summed E-state index contributed by atoms with van der Waals surface area (Å²) >= 11 is 0. The summed E-state index contributed by atoms with van der Waals surface area (Å²) < 4.78 is 3.38. The van der Waals surface area contributed by atoms with Crippen LogP contribution < -0.4 is 5.56 Å². The third-order valence-electron chi connectivity index (χ3n) is 5.94. The minimum Gasteiger partial charge on any atom is -0.337 e. The van der Waals surface area contributed by atoms with Crippen molar-refractivity contribution in [2.45, 2.75) is 52.0 Å². The molecule has 0 unspecified atom stereocenters. The van der Waals surface area contributed by atoms with Crippen molar-refractivity contribution < 1.29 is 4.79 Å². The molecule has 0 saturated carbocycles. The molecule has 1 saturated heterocycles. The van der Waals surface area contributed by atoms with Crippen LogP contribution in [-0.4, -0.2) is 43.5 Å². The van der Waals surface area contributed by atoms with Crippen molar-refractivity contribution in [2.24, 2.45) is 13.0 Å². The lowest BCUT2D eigenvalue weighted by Crippen LogP contribution is -2.40. The average molecular weight is 369 g/mol. The highest BCUT2D eigenvalue weighted by Gasteiger charge is 2.26. The number of carbonyl (C=O) groups is 1. The molecule has 0 atom stereocenters. The van der Waals surface area contributed by atoms with Crippen molar-refractivity contribution in [2.75, 3.05) is 13.1 Å². The van der Waals surface area contributed by atoms with Crippen LogP contribution in [0.25, 0.3) is 0 Å². The first-order valence-electron chi connectivity index (χ1n) is 9.91.